The molecule has 2 heterocycles. The lowest BCUT2D eigenvalue weighted by molar-refractivity contribution is -0.114. The Morgan fingerprint density at radius 2 is 2.00 bits per heavy atom. The molecule has 0 radical (unpaired) electrons. The van der Waals surface area contributed by atoms with Crippen LogP contribution in [0.2, 0.25) is 5.02 Å². The zero-order chi connectivity index (χ0) is 22.7. The molecule has 2 amide bonds. The minimum absolute atomic E-state index is 0.106. The second-order valence-electron chi connectivity index (χ2n) is 6.30. The molecule has 0 aliphatic heterocycles. The number of pyridine rings is 1. The number of benzene rings is 1. The Balaban J connectivity index is 1.92. The summed E-state index contributed by atoms with van der Waals surface area (Å²) in [4.78, 5) is 32.2. The molecule has 1 aromatic carbocycles. The van der Waals surface area contributed by atoms with Gasteiger partial charge in [-0.25, -0.2) is 18.6 Å². The van der Waals surface area contributed by atoms with Crippen LogP contribution in [0, 0.1) is 12.7 Å². The number of rotatable bonds is 6. The maximum Gasteiger partial charge on any atom is 0.263 e. The van der Waals surface area contributed by atoms with E-state index in [9.17, 15) is 18.2 Å². The van der Waals surface area contributed by atoms with Crippen molar-refractivity contribution in [2.45, 2.75) is 18.9 Å². The molecule has 2 aromatic heterocycles. The maximum atomic E-state index is 13.5. The summed E-state index contributed by atoms with van der Waals surface area (Å²) in [5, 5.41) is 5.47. The summed E-state index contributed by atoms with van der Waals surface area (Å²) in [6, 6.07) is 5.65. The van der Waals surface area contributed by atoms with Crippen molar-refractivity contribution in [3.8, 4) is 11.3 Å². The zero-order valence-electron chi connectivity index (χ0n) is 16.6. The molecule has 0 bridgehead atoms. The Morgan fingerprint density at radius 3 is 2.61 bits per heavy atom. The van der Waals surface area contributed by atoms with Crippen LogP contribution in [-0.4, -0.2) is 33.0 Å². The molecule has 162 valence electrons. The molecule has 0 saturated carbocycles. The number of hydrogen-bond acceptors (Lipinski definition) is 6. The number of carbonyl (C=O) groups is 2. The van der Waals surface area contributed by atoms with Crippen LogP contribution in [0.4, 0.5) is 15.2 Å². The van der Waals surface area contributed by atoms with Crippen molar-refractivity contribution in [3.05, 3.63) is 51.7 Å². The highest BCUT2D eigenvalue weighted by Crippen LogP contribution is 2.33. The zero-order valence-corrected chi connectivity index (χ0v) is 19.0. The summed E-state index contributed by atoms with van der Waals surface area (Å²) in [6.45, 7) is 3.08. The lowest BCUT2D eigenvalue weighted by atomic mass is 10.1. The number of aromatic nitrogens is 2. The van der Waals surface area contributed by atoms with Gasteiger partial charge in [0.15, 0.2) is 21.1 Å². The number of aryl methyl sites for hydroxylation is 1. The van der Waals surface area contributed by atoms with E-state index in [2.05, 4.69) is 25.3 Å². The van der Waals surface area contributed by atoms with E-state index >= 15 is 0 Å². The number of carbonyl (C=O) groups excluding carboxylic acids is 2. The fraction of sp³-hybridized carbons (Fsp3) is 0.158. The molecule has 3 rings (SSSR count). The summed E-state index contributed by atoms with van der Waals surface area (Å²) in [5.41, 5.74) is 1.79. The summed E-state index contributed by atoms with van der Waals surface area (Å²) < 4.78 is 29.1. The van der Waals surface area contributed by atoms with E-state index in [0.717, 1.165) is 11.3 Å². The Kier molecular flexibility index (Phi) is 6.98. The highest BCUT2D eigenvalue weighted by Gasteiger charge is 2.21. The largest absolute Gasteiger partial charge is 0.354 e. The minimum Gasteiger partial charge on any atom is -0.354 e. The standard InChI is InChI=1S/C19H17ClFN5O3S2/c1-9-6-12(24-10(2)27)8-23-18(9)31(29)26-19-25-15(16(30-19)17(28)22-3)11-4-5-14(21)13(20)7-11/h4-8H,1-3H3,(H,22,28)(H,24,27)(H,25,26). The van der Waals surface area contributed by atoms with Crippen LogP contribution in [0.5, 0.6) is 0 Å². The highest BCUT2D eigenvalue weighted by atomic mass is 35.5. The van der Waals surface area contributed by atoms with E-state index in [-0.39, 0.29) is 31.7 Å². The van der Waals surface area contributed by atoms with Crippen LogP contribution in [0.3, 0.4) is 0 Å². The van der Waals surface area contributed by atoms with Gasteiger partial charge in [-0.2, -0.15) is 0 Å². The fourth-order valence-corrected chi connectivity index (χ4v) is 4.79. The van der Waals surface area contributed by atoms with Gasteiger partial charge >= 0.3 is 0 Å². The lowest BCUT2D eigenvalue weighted by Crippen LogP contribution is -2.17. The van der Waals surface area contributed by atoms with Gasteiger partial charge in [0.2, 0.25) is 5.91 Å². The summed E-state index contributed by atoms with van der Waals surface area (Å²) in [6.07, 6.45) is 1.40. The predicted octanol–water partition coefficient (Wildman–Crippen LogP) is 3.76. The van der Waals surface area contributed by atoms with Crippen LogP contribution < -0.4 is 15.4 Å². The molecule has 31 heavy (non-hydrogen) atoms. The molecular formula is C19H17ClFN5O3S2. The van der Waals surface area contributed by atoms with E-state index in [0.29, 0.717) is 16.8 Å². The molecule has 0 spiro atoms. The first-order chi connectivity index (χ1) is 14.7. The van der Waals surface area contributed by atoms with Crippen molar-refractivity contribution in [2.75, 3.05) is 17.1 Å². The number of hydrogen-bond donors (Lipinski definition) is 3. The molecule has 3 aromatic rings. The summed E-state index contributed by atoms with van der Waals surface area (Å²) >= 11 is 6.85. The fourth-order valence-electron chi connectivity index (χ4n) is 2.63. The Labute approximate surface area is 188 Å². The quantitative estimate of drug-likeness (QED) is 0.496. The van der Waals surface area contributed by atoms with Crippen LogP contribution in [0.1, 0.15) is 22.2 Å². The first-order valence-electron chi connectivity index (χ1n) is 8.80. The smallest absolute Gasteiger partial charge is 0.263 e. The number of nitrogens with zero attached hydrogens (tertiary/aromatic N) is 2. The molecule has 0 saturated heterocycles. The number of thiazole rings is 1. The molecule has 0 aliphatic rings. The third-order valence-corrected chi connectivity index (χ3v) is 6.51. The van der Waals surface area contributed by atoms with Gasteiger partial charge < -0.3 is 10.6 Å². The maximum absolute atomic E-state index is 13.5. The van der Waals surface area contributed by atoms with E-state index in [1.54, 1.807) is 13.0 Å². The third kappa shape index (κ3) is 5.24. The average molecular weight is 482 g/mol. The van der Waals surface area contributed by atoms with Crippen molar-refractivity contribution in [1.29, 1.82) is 0 Å². The SMILES string of the molecule is CNC(=O)c1sc(NS(=O)c2ncc(NC(C)=O)cc2C)nc1-c1ccc(F)c(Cl)c1. The van der Waals surface area contributed by atoms with Gasteiger partial charge in [-0.05, 0) is 36.8 Å². The van der Waals surface area contributed by atoms with E-state index in [4.69, 9.17) is 11.6 Å². The number of amides is 2. The topological polar surface area (TPSA) is 113 Å². The van der Waals surface area contributed by atoms with Crippen molar-refractivity contribution < 1.29 is 18.2 Å². The molecule has 0 fully saturated rings. The molecule has 1 unspecified atom stereocenters. The molecule has 0 aliphatic carbocycles. The number of nitrogens with one attached hydrogen (secondary N) is 3. The summed E-state index contributed by atoms with van der Waals surface area (Å²) in [5.74, 6) is -1.24. The minimum atomic E-state index is -1.79. The van der Waals surface area contributed by atoms with Gasteiger partial charge in [0.05, 0.1) is 22.6 Å². The van der Waals surface area contributed by atoms with Crippen molar-refractivity contribution in [2.24, 2.45) is 0 Å². The second kappa shape index (κ2) is 9.50. The van der Waals surface area contributed by atoms with Crippen molar-refractivity contribution in [1.82, 2.24) is 15.3 Å². The molecular weight excluding hydrogens is 465 g/mol. The van der Waals surface area contributed by atoms with Crippen molar-refractivity contribution in [3.63, 3.8) is 0 Å². The Hall–Kier alpha value is -2.89. The second-order valence-corrected chi connectivity index (χ2v) is 8.84. The normalized spacial score (nSPS) is 11.6. The summed E-state index contributed by atoms with van der Waals surface area (Å²) in [7, 11) is -0.314. The van der Waals surface area contributed by atoms with Crippen molar-refractivity contribution >= 4 is 56.6 Å². The Bertz CT molecular complexity index is 1200. The lowest BCUT2D eigenvalue weighted by Gasteiger charge is -2.08. The van der Waals surface area contributed by atoms with Gasteiger partial charge in [-0.1, -0.05) is 22.9 Å². The first kappa shape index (κ1) is 22.8. The van der Waals surface area contributed by atoms with Gasteiger partial charge in [-0.3, -0.25) is 14.3 Å². The molecule has 1 atom stereocenters. The first-order valence-corrected chi connectivity index (χ1v) is 11.1. The average Bonchev–Trinajstić information content (AvgIpc) is 3.12. The monoisotopic (exact) mass is 481 g/mol. The van der Waals surface area contributed by atoms with E-state index in [1.165, 1.54) is 38.4 Å². The van der Waals surface area contributed by atoms with Crippen LogP contribution in [-0.2, 0) is 15.8 Å². The molecule has 3 N–H and O–H groups in total. The number of halogens is 2. The Morgan fingerprint density at radius 1 is 1.26 bits per heavy atom. The number of anilines is 2. The van der Waals surface area contributed by atoms with Gasteiger partial charge in [-0.15, -0.1) is 0 Å². The predicted molar refractivity (Wildman–Crippen MR) is 119 cm³/mol. The molecule has 8 nitrogen and oxygen atoms in total. The van der Waals surface area contributed by atoms with E-state index < -0.39 is 22.7 Å². The van der Waals surface area contributed by atoms with Gasteiger partial charge in [0.1, 0.15) is 10.7 Å². The van der Waals surface area contributed by atoms with E-state index in [1.807, 2.05) is 0 Å². The van der Waals surface area contributed by atoms with Crippen LogP contribution >= 0.6 is 22.9 Å². The van der Waals surface area contributed by atoms with Crippen LogP contribution in [0.15, 0.2) is 35.5 Å². The molecule has 12 heteroatoms. The highest BCUT2D eigenvalue weighted by molar-refractivity contribution is 7.86. The van der Waals surface area contributed by atoms with Crippen LogP contribution in [0.25, 0.3) is 11.3 Å². The van der Waals surface area contributed by atoms with Gasteiger partial charge in [0, 0.05) is 19.5 Å². The van der Waals surface area contributed by atoms with Gasteiger partial charge in [0.25, 0.3) is 5.91 Å². The third-order valence-electron chi connectivity index (χ3n) is 3.96.